The van der Waals surface area contributed by atoms with E-state index in [1.807, 2.05) is 108 Å². The normalized spacial score (nSPS) is 10.7. The zero-order valence-corrected chi connectivity index (χ0v) is 18.5. The number of hydrogen-bond donors (Lipinski definition) is 0. The van der Waals surface area contributed by atoms with E-state index in [4.69, 9.17) is 16.3 Å². The van der Waals surface area contributed by atoms with Crippen LogP contribution in [0.1, 0.15) is 16.8 Å². The van der Waals surface area contributed by atoms with Crippen LogP contribution >= 0.6 is 11.6 Å². The number of halogens is 1. The highest BCUT2D eigenvalue weighted by Crippen LogP contribution is 2.19. The van der Waals surface area contributed by atoms with Crippen LogP contribution < -0.4 is 4.74 Å². The van der Waals surface area contributed by atoms with E-state index in [2.05, 4.69) is 4.57 Å². The molecule has 0 spiro atoms. The highest BCUT2D eigenvalue weighted by atomic mass is 35.5. The van der Waals surface area contributed by atoms with E-state index < -0.39 is 0 Å². The van der Waals surface area contributed by atoms with Crippen molar-refractivity contribution in [2.24, 2.45) is 0 Å². The molecule has 1 heterocycles. The second kappa shape index (κ2) is 10.7. The molecule has 5 heteroatoms. The molecule has 0 radical (unpaired) electrons. The van der Waals surface area contributed by atoms with Crippen molar-refractivity contribution in [1.82, 2.24) is 9.47 Å². The molecule has 0 fully saturated rings. The number of hydrogen-bond acceptors (Lipinski definition) is 2. The zero-order valence-electron chi connectivity index (χ0n) is 17.7. The van der Waals surface area contributed by atoms with E-state index >= 15 is 0 Å². The maximum atomic E-state index is 13.1. The molecule has 162 valence electrons. The highest BCUT2D eigenvalue weighted by Gasteiger charge is 2.17. The Bertz CT molecular complexity index is 1140. The summed E-state index contributed by atoms with van der Waals surface area (Å²) in [7, 11) is 0. The van der Waals surface area contributed by atoms with E-state index in [1.165, 1.54) is 0 Å². The molecular weight excluding hydrogens is 420 g/mol. The van der Waals surface area contributed by atoms with Gasteiger partial charge < -0.3 is 14.2 Å². The summed E-state index contributed by atoms with van der Waals surface area (Å²) < 4.78 is 7.86. The van der Waals surface area contributed by atoms with E-state index in [0.29, 0.717) is 25.4 Å². The molecular formula is C27H25ClN2O2. The molecule has 0 saturated carbocycles. The molecule has 0 aliphatic heterocycles. The summed E-state index contributed by atoms with van der Waals surface area (Å²) >= 11 is 6.36. The minimum absolute atomic E-state index is 0.0118. The molecule has 1 aromatic heterocycles. The van der Waals surface area contributed by atoms with Crippen LogP contribution in [-0.2, 0) is 24.4 Å². The quantitative estimate of drug-likeness (QED) is 0.327. The van der Waals surface area contributed by atoms with Gasteiger partial charge in [0.15, 0.2) is 6.61 Å². The van der Waals surface area contributed by atoms with Crippen molar-refractivity contribution in [1.29, 1.82) is 0 Å². The topological polar surface area (TPSA) is 34.5 Å². The lowest BCUT2D eigenvalue weighted by atomic mass is 10.2. The maximum absolute atomic E-state index is 13.1. The first-order chi connectivity index (χ1) is 15.7. The van der Waals surface area contributed by atoms with Crippen molar-refractivity contribution in [3.05, 3.63) is 125 Å². The second-order valence-corrected chi connectivity index (χ2v) is 7.96. The van der Waals surface area contributed by atoms with Crippen molar-refractivity contribution < 1.29 is 9.53 Å². The van der Waals surface area contributed by atoms with E-state index in [0.717, 1.165) is 21.8 Å². The summed E-state index contributed by atoms with van der Waals surface area (Å²) in [5.41, 5.74) is 3.15. The monoisotopic (exact) mass is 444 g/mol. The number of ether oxygens (including phenoxy) is 1. The van der Waals surface area contributed by atoms with Crippen molar-refractivity contribution >= 4 is 17.5 Å². The molecule has 0 bridgehead atoms. The van der Waals surface area contributed by atoms with Crippen LogP contribution in [0.2, 0.25) is 5.02 Å². The summed E-state index contributed by atoms with van der Waals surface area (Å²) in [6.07, 6.45) is 2.02. The molecule has 4 aromatic rings. The predicted molar refractivity (Wildman–Crippen MR) is 128 cm³/mol. The number of carbonyl (C=O) groups excluding carboxylic acids is 1. The molecule has 1 amide bonds. The second-order valence-electron chi connectivity index (χ2n) is 7.56. The first-order valence-electron chi connectivity index (χ1n) is 10.6. The smallest absolute Gasteiger partial charge is 0.261 e. The molecule has 3 aromatic carbocycles. The minimum atomic E-state index is -0.0665. The number of nitrogens with zero attached hydrogens (tertiary/aromatic N) is 2. The van der Waals surface area contributed by atoms with Crippen LogP contribution in [0, 0.1) is 0 Å². The van der Waals surface area contributed by atoms with Gasteiger partial charge in [0.2, 0.25) is 0 Å². The SMILES string of the molecule is O=C(COc1ccccc1)N(Cc1ccccc1)Cc1cccn1Cc1ccccc1Cl. The molecule has 4 nitrogen and oxygen atoms in total. The fourth-order valence-corrected chi connectivity index (χ4v) is 3.74. The average Bonchev–Trinajstić information content (AvgIpc) is 3.26. The lowest BCUT2D eigenvalue weighted by Crippen LogP contribution is -2.34. The Balaban J connectivity index is 1.51. The van der Waals surface area contributed by atoms with Crippen LogP contribution in [0.25, 0.3) is 0 Å². The van der Waals surface area contributed by atoms with Gasteiger partial charge in [-0.25, -0.2) is 0 Å². The fraction of sp³-hybridized carbons (Fsp3) is 0.148. The van der Waals surface area contributed by atoms with E-state index in [9.17, 15) is 4.79 Å². The number of para-hydroxylation sites is 1. The van der Waals surface area contributed by atoms with Gasteiger partial charge in [0.05, 0.1) is 6.54 Å². The summed E-state index contributed by atoms with van der Waals surface area (Å²) in [5, 5.41) is 0.737. The van der Waals surface area contributed by atoms with Crippen molar-refractivity contribution in [2.45, 2.75) is 19.6 Å². The van der Waals surface area contributed by atoms with Gasteiger partial charge in [-0.05, 0) is 41.5 Å². The largest absolute Gasteiger partial charge is 0.484 e. The Kier molecular flexibility index (Phi) is 7.26. The van der Waals surface area contributed by atoms with Gasteiger partial charge in [0.25, 0.3) is 5.91 Å². The lowest BCUT2D eigenvalue weighted by Gasteiger charge is -2.24. The summed E-state index contributed by atoms with van der Waals surface area (Å²) in [5.74, 6) is 0.616. The number of amides is 1. The highest BCUT2D eigenvalue weighted by molar-refractivity contribution is 6.31. The van der Waals surface area contributed by atoms with Gasteiger partial charge >= 0.3 is 0 Å². The number of carbonyl (C=O) groups is 1. The van der Waals surface area contributed by atoms with Gasteiger partial charge in [0.1, 0.15) is 5.75 Å². The van der Waals surface area contributed by atoms with Crippen LogP contribution in [0.15, 0.2) is 103 Å². The van der Waals surface area contributed by atoms with Gasteiger partial charge in [-0.2, -0.15) is 0 Å². The Morgan fingerprint density at radius 1 is 0.812 bits per heavy atom. The summed E-state index contributed by atoms with van der Waals surface area (Å²) in [6, 6.07) is 31.3. The van der Waals surface area contributed by atoms with Crippen LogP contribution in [0.3, 0.4) is 0 Å². The fourth-order valence-electron chi connectivity index (χ4n) is 3.54. The average molecular weight is 445 g/mol. The lowest BCUT2D eigenvalue weighted by molar-refractivity contribution is -0.134. The molecule has 0 N–H and O–H groups in total. The van der Waals surface area contributed by atoms with Crippen LogP contribution in [0.4, 0.5) is 0 Å². The first kappa shape index (κ1) is 21.7. The minimum Gasteiger partial charge on any atom is -0.484 e. The zero-order chi connectivity index (χ0) is 22.2. The molecule has 0 saturated heterocycles. The molecule has 0 aliphatic rings. The molecule has 4 rings (SSSR count). The number of benzene rings is 3. The number of rotatable bonds is 9. The van der Waals surface area contributed by atoms with Gasteiger partial charge in [-0.1, -0.05) is 78.3 Å². The number of aromatic nitrogens is 1. The maximum Gasteiger partial charge on any atom is 0.261 e. The molecule has 0 atom stereocenters. The third-order valence-electron chi connectivity index (χ3n) is 5.25. The Labute approximate surface area is 193 Å². The third-order valence-corrected chi connectivity index (χ3v) is 5.62. The third kappa shape index (κ3) is 5.80. The standard InChI is InChI=1S/C27H25ClN2O2/c28-26-16-8-7-12-23(26)19-29-17-9-13-24(29)20-30(18-22-10-3-1-4-11-22)27(31)21-32-25-14-5-2-6-15-25/h1-17H,18-21H2. The Morgan fingerprint density at radius 3 is 2.25 bits per heavy atom. The molecule has 0 unspecified atom stereocenters. The van der Waals surface area contributed by atoms with Crippen molar-refractivity contribution in [3.8, 4) is 5.75 Å². The van der Waals surface area contributed by atoms with Gasteiger partial charge in [-0.15, -0.1) is 0 Å². The van der Waals surface area contributed by atoms with E-state index in [-0.39, 0.29) is 12.5 Å². The summed E-state index contributed by atoms with van der Waals surface area (Å²) in [4.78, 5) is 15.0. The first-order valence-corrected chi connectivity index (χ1v) is 10.9. The van der Waals surface area contributed by atoms with Crippen molar-refractivity contribution in [2.75, 3.05) is 6.61 Å². The van der Waals surface area contributed by atoms with E-state index in [1.54, 1.807) is 0 Å². The predicted octanol–water partition coefficient (Wildman–Crippen LogP) is 5.80. The van der Waals surface area contributed by atoms with Crippen LogP contribution in [0.5, 0.6) is 5.75 Å². The van der Waals surface area contributed by atoms with Gasteiger partial charge in [0, 0.05) is 30.0 Å². The summed E-state index contributed by atoms with van der Waals surface area (Å²) in [6.45, 7) is 1.62. The van der Waals surface area contributed by atoms with Crippen molar-refractivity contribution in [3.63, 3.8) is 0 Å². The Hall–Kier alpha value is -3.50. The Morgan fingerprint density at radius 2 is 1.50 bits per heavy atom. The molecule has 0 aliphatic carbocycles. The molecule has 32 heavy (non-hydrogen) atoms. The van der Waals surface area contributed by atoms with Gasteiger partial charge in [-0.3, -0.25) is 4.79 Å². The van der Waals surface area contributed by atoms with Crippen LogP contribution in [-0.4, -0.2) is 22.0 Å².